The maximum absolute atomic E-state index is 5.28. The Hall–Kier alpha value is -1.97. The lowest BCUT2D eigenvalue weighted by Gasteiger charge is -2.17. The molecule has 1 aliphatic carbocycles. The molecule has 1 heterocycles. The highest BCUT2D eigenvalue weighted by Crippen LogP contribution is 2.37. The normalized spacial score (nSPS) is 12.8. The van der Waals surface area contributed by atoms with E-state index >= 15 is 0 Å². The first-order chi connectivity index (χ1) is 8.33. The van der Waals surface area contributed by atoms with Crippen LogP contribution in [0.4, 0.5) is 5.82 Å². The number of anilines is 1. The van der Waals surface area contributed by atoms with Gasteiger partial charge in [-0.15, -0.1) is 0 Å². The molecule has 0 saturated carbocycles. The standard InChI is InChI=1S/C13H15N3O/c1-14-13-10-6-4-8-3-5-9(17-2)7-11(8)12(10)15-16-13/h3,5,7H,4,6H2,1-2H3,(H2,14,15,16). The minimum absolute atomic E-state index is 0.886. The minimum atomic E-state index is 0.886. The number of H-pyrrole nitrogens is 1. The lowest BCUT2D eigenvalue weighted by Crippen LogP contribution is -2.04. The smallest absolute Gasteiger partial charge is 0.151 e. The Bertz CT molecular complexity index is 560. The molecule has 17 heavy (non-hydrogen) atoms. The van der Waals surface area contributed by atoms with Crippen molar-refractivity contribution < 1.29 is 4.74 Å². The number of aromatic amines is 1. The lowest BCUT2D eigenvalue weighted by molar-refractivity contribution is 0.415. The summed E-state index contributed by atoms with van der Waals surface area (Å²) in [6.45, 7) is 0. The summed E-state index contributed by atoms with van der Waals surface area (Å²) in [5, 5.41) is 10.5. The van der Waals surface area contributed by atoms with E-state index in [4.69, 9.17) is 4.74 Å². The number of aryl methyl sites for hydroxylation is 1. The van der Waals surface area contributed by atoms with Gasteiger partial charge in [0.15, 0.2) is 5.82 Å². The van der Waals surface area contributed by atoms with Gasteiger partial charge in [0.1, 0.15) is 5.75 Å². The number of methoxy groups -OCH3 is 1. The number of nitrogens with zero attached hydrogens (tertiary/aromatic N) is 1. The van der Waals surface area contributed by atoms with E-state index in [-0.39, 0.29) is 0 Å². The highest BCUT2D eigenvalue weighted by molar-refractivity contribution is 5.75. The van der Waals surface area contributed by atoms with E-state index in [1.54, 1.807) is 7.11 Å². The first-order valence-corrected chi connectivity index (χ1v) is 5.75. The van der Waals surface area contributed by atoms with Gasteiger partial charge in [0.05, 0.1) is 12.8 Å². The van der Waals surface area contributed by atoms with Crippen LogP contribution >= 0.6 is 0 Å². The largest absolute Gasteiger partial charge is 0.497 e. The number of rotatable bonds is 2. The van der Waals surface area contributed by atoms with Crippen molar-refractivity contribution in [1.29, 1.82) is 0 Å². The van der Waals surface area contributed by atoms with Crippen LogP contribution in [0.3, 0.4) is 0 Å². The molecule has 88 valence electrons. The minimum Gasteiger partial charge on any atom is -0.497 e. The monoisotopic (exact) mass is 229 g/mol. The number of ether oxygens (including phenoxy) is 1. The third-order valence-electron chi connectivity index (χ3n) is 3.33. The topological polar surface area (TPSA) is 49.9 Å². The Kier molecular flexibility index (Phi) is 2.28. The van der Waals surface area contributed by atoms with Crippen LogP contribution in [0.15, 0.2) is 18.2 Å². The zero-order valence-electron chi connectivity index (χ0n) is 10.0. The summed E-state index contributed by atoms with van der Waals surface area (Å²) in [7, 11) is 3.59. The summed E-state index contributed by atoms with van der Waals surface area (Å²) >= 11 is 0. The molecule has 4 heteroatoms. The van der Waals surface area contributed by atoms with Gasteiger partial charge in [-0.3, -0.25) is 5.10 Å². The molecule has 4 nitrogen and oxygen atoms in total. The number of aromatic nitrogens is 2. The summed E-state index contributed by atoms with van der Waals surface area (Å²) in [6, 6.07) is 6.22. The van der Waals surface area contributed by atoms with Crippen molar-refractivity contribution in [2.45, 2.75) is 12.8 Å². The summed E-state index contributed by atoms with van der Waals surface area (Å²) in [5.74, 6) is 1.84. The number of hydrogen-bond donors (Lipinski definition) is 2. The van der Waals surface area contributed by atoms with Crippen LogP contribution < -0.4 is 10.1 Å². The van der Waals surface area contributed by atoms with Crippen LogP contribution in [0, 0.1) is 0 Å². The number of benzene rings is 1. The van der Waals surface area contributed by atoms with E-state index in [0.717, 1.165) is 30.1 Å². The first kappa shape index (κ1) is 10.2. The fraction of sp³-hybridized carbons (Fsp3) is 0.308. The molecule has 0 atom stereocenters. The van der Waals surface area contributed by atoms with E-state index < -0.39 is 0 Å². The Balaban J connectivity index is 2.17. The van der Waals surface area contributed by atoms with Crippen molar-refractivity contribution in [3.05, 3.63) is 29.3 Å². The van der Waals surface area contributed by atoms with Crippen molar-refractivity contribution in [3.8, 4) is 17.0 Å². The second-order valence-corrected chi connectivity index (χ2v) is 4.20. The van der Waals surface area contributed by atoms with Gasteiger partial charge in [-0.25, -0.2) is 0 Å². The van der Waals surface area contributed by atoms with Crippen molar-refractivity contribution in [2.75, 3.05) is 19.5 Å². The summed E-state index contributed by atoms with van der Waals surface area (Å²) in [6.07, 6.45) is 2.09. The van der Waals surface area contributed by atoms with E-state index in [1.165, 1.54) is 16.7 Å². The quantitative estimate of drug-likeness (QED) is 0.830. The molecule has 0 amide bonds. The van der Waals surface area contributed by atoms with Gasteiger partial charge in [0, 0.05) is 18.2 Å². The summed E-state index contributed by atoms with van der Waals surface area (Å²) in [4.78, 5) is 0. The van der Waals surface area contributed by atoms with Gasteiger partial charge >= 0.3 is 0 Å². The molecule has 2 N–H and O–H groups in total. The van der Waals surface area contributed by atoms with Crippen LogP contribution in [-0.4, -0.2) is 24.4 Å². The van der Waals surface area contributed by atoms with Crippen molar-refractivity contribution in [1.82, 2.24) is 10.2 Å². The molecule has 0 spiro atoms. The predicted octanol–water partition coefficient (Wildman–Crippen LogP) is 2.23. The lowest BCUT2D eigenvalue weighted by atomic mass is 9.90. The SMILES string of the molecule is CNc1n[nH]c2c1CCc1ccc(OC)cc1-2. The number of nitrogens with one attached hydrogen (secondary N) is 2. The molecule has 2 aromatic rings. The van der Waals surface area contributed by atoms with Gasteiger partial charge < -0.3 is 10.1 Å². The summed E-state index contributed by atoms with van der Waals surface area (Å²) in [5.41, 5.74) is 4.95. The average Bonchev–Trinajstić information content (AvgIpc) is 2.81. The molecule has 0 fully saturated rings. The highest BCUT2D eigenvalue weighted by Gasteiger charge is 2.21. The molecule has 1 aromatic carbocycles. The van der Waals surface area contributed by atoms with E-state index in [9.17, 15) is 0 Å². The van der Waals surface area contributed by atoms with Crippen molar-refractivity contribution in [3.63, 3.8) is 0 Å². The molecular weight excluding hydrogens is 214 g/mol. The van der Waals surface area contributed by atoms with E-state index in [0.29, 0.717) is 0 Å². The van der Waals surface area contributed by atoms with Gasteiger partial charge in [0.2, 0.25) is 0 Å². The second kappa shape index (κ2) is 3.80. The zero-order chi connectivity index (χ0) is 11.8. The Morgan fingerprint density at radius 1 is 1.35 bits per heavy atom. The average molecular weight is 229 g/mol. The third kappa shape index (κ3) is 1.48. The Labute approximate surface area is 100 Å². The zero-order valence-corrected chi connectivity index (χ0v) is 10.0. The van der Waals surface area contributed by atoms with Crippen LogP contribution in [-0.2, 0) is 12.8 Å². The van der Waals surface area contributed by atoms with Crippen LogP contribution in [0.1, 0.15) is 11.1 Å². The van der Waals surface area contributed by atoms with Crippen molar-refractivity contribution >= 4 is 5.82 Å². The van der Waals surface area contributed by atoms with E-state index in [2.05, 4.69) is 27.6 Å². The molecule has 0 saturated heterocycles. The maximum Gasteiger partial charge on any atom is 0.151 e. The summed E-state index contributed by atoms with van der Waals surface area (Å²) < 4.78 is 5.28. The molecule has 0 radical (unpaired) electrons. The van der Waals surface area contributed by atoms with Gasteiger partial charge in [-0.1, -0.05) is 6.07 Å². The molecule has 1 aromatic heterocycles. The van der Waals surface area contributed by atoms with Gasteiger partial charge in [-0.2, -0.15) is 5.10 Å². The molecule has 0 bridgehead atoms. The van der Waals surface area contributed by atoms with Gasteiger partial charge in [0.25, 0.3) is 0 Å². The Morgan fingerprint density at radius 3 is 3.00 bits per heavy atom. The fourth-order valence-corrected chi connectivity index (χ4v) is 2.43. The Morgan fingerprint density at radius 2 is 2.24 bits per heavy atom. The molecule has 0 unspecified atom stereocenters. The molecule has 3 rings (SSSR count). The number of fused-ring (bicyclic) bond motifs is 3. The van der Waals surface area contributed by atoms with Crippen LogP contribution in [0.2, 0.25) is 0 Å². The van der Waals surface area contributed by atoms with Crippen LogP contribution in [0.5, 0.6) is 5.75 Å². The van der Waals surface area contributed by atoms with Crippen LogP contribution in [0.25, 0.3) is 11.3 Å². The molecule has 0 aliphatic heterocycles. The third-order valence-corrected chi connectivity index (χ3v) is 3.33. The maximum atomic E-state index is 5.28. The molecule has 1 aliphatic rings. The molecular formula is C13H15N3O. The van der Waals surface area contributed by atoms with Gasteiger partial charge in [-0.05, 0) is 30.5 Å². The predicted molar refractivity (Wildman–Crippen MR) is 67.5 cm³/mol. The fourth-order valence-electron chi connectivity index (χ4n) is 2.43. The van der Waals surface area contributed by atoms with E-state index in [1.807, 2.05) is 13.1 Å². The highest BCUT2D eigenvalue weighted by atomic mass is 16.5. The first-order valence-electron chi connectivity index (χ1n) is 5.75. The number of hydrogen-bond acceptors (Lipinski definition) is 3. The second-order valence-electron chi connectivity index (χ2n) is 4.20. The van der Waals surface area contributed by atoms with Crippen molar-refractivity contribution in [2.24, 2.45) is 0 Å².